The minimum atomic E-state index is -0.836. The molecule has 0 saturated carbocycles. The molecule has 0 aliphatic heterocycles. The van der Waals surface area contributed by atoms with Crippen LogP contribution in [0.3, 0.4) is 0 Å². The third kappa shape index (κ3) is 5.57. The summed E-state index contributed by atoms with van der Waals surface area (Å²) in [5.74, 6) is -0.0660. The molecule has 0 saturated heterocycles. The van der Waals surface area contributed by atoms with Gasteiger partial charge >= 0.3 is 11.4 Å². The van der Waals surface area contributed by atoms with Crippen LogP contribution in [0.1, 0.15) is 0 Å². The van der Waals surface area contributed by atoms with Gasteiger partial charge in [0.2, 0.25) is 11.6 Å². The molecule has 0 bridgehead atoms. The number of nitro benzene ring substituents is 2. The molecular weight excluding hydrogens is 503 g/mol. The predicted octanol–water partition coefficient (Wildman–Crippen LogP) is 6.65. The van der Waals surface area contributed by atoms with Gasteiger partial charge in [-0.15, -0.1) is 0 Å². The molecule has 0 aromatic heterocycles. The van der Waals surface area contributed by atoms with Gasteiger partial charge in [0.15, 0.2) is 0 Å². The molecule has 0 aliphatic carbocycles. The highest BCUT2D eigenvalue weighted by Crippen LogP contribution is 2.37. The van der Waals surface area contributed by atoms with E-state index >= 15 is 0 Å². The lowest BCUT2D eigenvalue weighted by Crippen LogP contribution is -1.94. The Balaban J connectivity index is 0.000000221. The molecule has 28 heavy (non-hydrogen) atoms. The molecule has 0 heterocycles. The molecule has 144 valence electrons. The van der Waals surface area contributed by atoms with Gasteiger partial charge in [0.1, 0.15) is 5.75 Å². The molecule has 0 radical (unpaired) electrons. The number of nitro groups is 2. The minimum absolute atomic E-state index is 0.0665. The molecule has 7 nitrogen and oxygen atoms in total. The summed E-state index contributed by atoms with van der Waals surface area (Å²) in [6.07, 6.45) is 0. The Hall–Kier alpha value is -2.85. The molecule has 3 rings (SSSR count). The highest BCUT2D eigenvalue weighted by atomic mass is 79.9. The third-order valence-electron chi connectivity index (χ3n) is 3.23. The van der Waals surface area contributed by atoms with E-state index in [0.29, 0.717) is 10.2 Å². The summed E-state index contributed by atoms with van der Waals surface area (Å²) >= 11 is 6.08. The van der Waals surface area contributed by atoms with Crippen molar-refractivity contribution in [2.75, 3.05) is 0 Å². The van der Waals surface area contributed by atoms with Gasteiger partial charge < -0.3 is 4.74 Å². The quantitative estimate of drug-likeness (QED) is 0.287. The van der Waals surface area contributed by atoms with Crippen molar-refractivity contribution < 1.29 is 19.0 Å². The Morgan fingerprint density at radius 3 is 1.82 bits per heavy atom. The number of para-hydroxylation sites is 2. The maximum atomic E-state index is 12.8. The van der Waals surface area contributed by atoms with Crippen molar-refractivity contribution in [3.05, 3.63) is 102 Å². The second kappa shape index (κ2) is 9.90. The van der Waals surface area contributed by atoms with Crippen molar-refractivity contribution in [2.24, 2.45) is 0 Å². The molecular formula is C18H11Br2FN2O5. The number of rotatable bonds is 4. The van der Waals surface area contributed by atoms with Gasteiger partial charge in [-0.1, -0.05) is 30.3 Å². The minimum Gasteiger partial charge on any atom is -0.449 e. The number of hydrogen-bond donors (Lipinski definition) is 0. The van der Waals surface area contributed by atoms with Gasteiger partial charge in [-0.25, -0.2) is 0 Å². The van der Waals surface area contributed by atoms with E-state index in [2.05, 4.69) is 31.9 Å². The van der Waals surface area contributed by atoms with E-state index < -0.39 is 21.4 Å². The van der Waals surface area contributed by atoms with Crippen molar-refractivity contribution in [3.63, 3.8) is 0 Å². The lowest BCUT2D eigenvalue weighted by Gasteiger charge is -2.07. The molecule has 10 heteroatoms. The Bertz CT molecular complexity index is 1000. The highest BCUT2D eigenvalue weighted by Gasteiger charge is 2.18. The van der Waals surface area contributed by atoms with Gasteiger partial charge in [-0.3, -0.25) is 20.2 Å². The Morgan fingerprint density at radius 1 is 0.750 bits per heavy atom. The summed E-state index contributed by atoms with van der Waals surface area (Å²) in [5, 5.41) is 21.0. The zero-order valence-corrected chi connectivity index (χ0v) is 17.1. The second-order valence-electron chi connectivity index (χ2n) is 5.09. The van der Waals surface area contributed by atoms with Crippen LogP contribution in [0.15, 0.2) is 75.7 Å². The van der Waals surface area contributed by atoms with E-state index in [9.17, 15) is 24.6 Å². The number of benzene rings is 3. The first-order valence-electron chi connectivity index (χ1n) is 7.55. The zero-order chi connectivity index (χ0) is 20.7. The van der Waals surface area contributed by atoms with Crippen LogP contribution >= 0.6 is 31.9 Å². The second-order valence-corrected chi connectivity index (χ2v) is 6.80. The normalized spacial score (nSPS) is 9.82. The third-order valence-corrected chi connectivity index (χ3v) is 4.47. The first kappa shape index (κ1) is 21.5. The monoisotopic (exact) mass is 512 g/mol. The molecule has 0 atom stereocenters. The van der Waals surface area contributed by atoms with Crippen LogP contribution in [0.4, 0.5) is 15.8 Å². The van der Waals surface area contributed by atoms with E-state index in [4.69, 9.17) is 4.74 Å². The Morgan fingerprint density at radius 2 is 1.29 bits per heavy atom. The lowest BCUT2D eigenvalue weighted by atomic mass is 10.3. The summed E-state index contributed by atoms with van der Waals surface area (Å²) in [5.41, 5.74) is -0.581. The maximum absolute atomic E-state index is 12.8. The maximum Gasteiger partial charge on any atom is 0.312 e. The first-order chi connectivity index (χ1) is 13.3. The molecule has 0 N–H and O–H groups in total. The van der Waals surface area contributed by atoms with Crippen molar-refractivity contribution in [1.82, 2.24) is 0 Å². The summed E-state index contributed by atoms with van der Waals surface area (Å²) in [4.78, 5) is 19.8. The van der Waals surface area contributed by atoms with Crippen molar-refractivity contribution >= 4 is 43.2 Å². The van der Waals surface area contributed by atoms with Crippen molar-refractivity contribution in [1.29, 1.82) is 0 Å². The van der Waals surface area contributed by atoms with Gasteiger partial charge in [-0.2, -0.15) is 4.39 Å². The Kier molecular flexibility index (Phi) is 7.59. The summed E-state index contributed by atoms with van der Waals surface area (Å²) in [7, 11) is 0. The SMILES string of the molecule is O=[N+]([O-])c1cccc(Br)c1F.O=[N+]([O-])c1cccc(Br)c1Oc1ccccc1. The van der Waals surface area contributed by atoms with Crippen molar-refractivity contribution in [3.8, 4) is 11.5 Å². The lowest BCUT2D eigenvalue weighted by molar-refractivity contribution is -0.387. The van der Waals surface area contributed by atoms with Gasteiger partial charge in [0.25, 0.3) is 0 Å². The van der Waals surface area contributed by atoms with Crippen molar-refractivity contribution in [2.45, 2.75) is 0 Å². The van der Waals surface area contributed by atoms with Crippen LogP contribution in [0.25, 0.3) is 0 Å². The van der Waals surface area contributed by atoms with Crippen LogP contribution in [-0.2, 0) is 0 Å². The molecule has 0 aliphatic rings. The molecule has 0 amide bonds. The largest absolute Gasteiger partial charge is 0.449 e. The summed E-state index contributed by atoms with van der Waals surface area (Å²) < 4.78 is 18.9. The number of hydrogen-bond acceptors (Lipinski definition) is 5. The Labute approximate surface area is 175 Å². The fraction of sp³-hybridized carbons (Fsp3) is 0. The number of nitrogens with zero attached hydrogens (tertiary/aromatic N) is 2. The first-order valence-corrected chi connectivity index (χ1v) is 9.14. The van der Waals surface area contributed by atoms with Gasteiger partial charge in [0, 0.05) is 12.1 Å². The average Bonchev–Trinajstić information content (AvgIpc) is 2.66. The van der Waals surface area contributed by atoms with E-state index in [0.717, 1.165) is 6.07 Å². The van der Waals surface area contributed by atoms with Gasteiger partial charge in [0.05, 0.1) is 18.8 Å². The average molecular weight is 514 g/mol. The molecule has 3 aromatic rings. The molecule has 0 fully saturated rings. The van der Waals surface area contributed by atoms with Crippen LogP contribution in [0, 0.1) is 26.0 Å². The zero-order valence-electron chi connectivity index (χ0n) is 13.9. The predicted molar refractivity (Wildman–Crippen MR) is 108 cm³/mol. The van der Waals surface area contributed by atoms with E-state index in [1.807, 2.05) is 6.07 Å². The van der Waals surface area contributed by atoms with Crippen LogP contribution in [0.2, 0.25) is 0 Å². The fourth-order valence-electron chi connectivity index (χ4n) is 1.98. The topological polar surface area (TPSA) is 95.5 Å². The number of ether oxygens (including phenoxy) is 1. The van der Waals surface area contributed by atoms with Crippen LogP contribution in [0.5, 0.6) is 11.5 Å². The van der Waals surface area contributed by atoms with Gasteiger partial charge in [-0.05, 0) is 56.1 Å². The highest BCUT2D eigenvalue weighted by molar-refractivity contribution is 9.10. The van der Waals surface area contributed by atoms with Crippen LogP contribution < -0.4 is 4.74 Å². The van der Waals surface area contributed by atoms with Crippen LogP contribution in [-0.4, -0.2) is 9.85 Å². The smallest absolute Gasteiger partial charge is 0.312 e. The van der Waals surface area contributed by atoms with E-state index in [1.54, 1.807) is 36.4 Å². The fourth-order valence-corrected chi connectivity index (χ4v) is 2.77. The molecule has 0 unspecified atom stereocenters. The summed E-state index contributed by atoms with van der Waals surface area (Å²) in [6, 6.07) is 17.6. The standard InChI is InChI=1S/C12H8BrNO3.C6H3BrFNO2/c13-10-7-4-8-11(14(15)16)12(10)17-9-5-2-1-3-6-9;7-4-2-1-3-5(6(4)8)9(10)11/h1-8H;1-3H. The summed E-state index contributed by atoms with van der Waals surface area (Å²) in [6.45, 7) is 0. The molecule has 0 spiro atoms. The molecule has 3 aromatic carbocycles. The van der Waals surface area contributed by atoms with E-state index in [1.165, 1.54) is 18.2 Å². The number of halogens is 3. The van der Waals surface area contributed by atoms with E-state index in [-0.39, 0.29) is 15.9 Å².